The quantitative estimate of drug-likeness (QED) is 0.330. The molecule has 8 nitrogen and oxygen atoms in total. The van der Waals surface area contributed by atoms with Gasteiger partial charge in [-0.05, 0) is 67.9 Å². The number of carbonyl (C=O) groups excluding carboxylic acids is 1. The van der Waals surface area contributed by atoms with E-state index >= 15 is 0 Å². The molecule has 0 aliphatic carbocycles. The van der Waals surface area contributed by atoms with Crippen LogP contribution in [0, 0.1) is 13.8 Å². The largest absolute Gasteiger partial charge is 0.495 e. The fraction of sp³-hybridized carbons (Fsp3) is 0.217. The molecule has 0 saturated carbocycles. The summed E-state index contributed by atoms with van der Waals surface area (Å²) in [5.74, 6) is -0.469. The standard InChI is InChI=1S/C23H23NO7S/c1-14-9-18-17(12-23(26)31-20(18)10-15(14)2)13-30-22(25)8-6-16-5-7-19(29-4)21(11-16)32(27,28)24-3/h5-12,24H,13H2,1-4H3/b8-6+. The second-order valence-electron chi connectivity index (χ2n) is 7.08. The lowest BCUT2D eigenvalue weighted by Crippen LogP contribution is -2.19. The van der Waals surface area contributed by atoms with Crippen LogP contribution in [0.2, 0.25) is 0 Å². The molecule has 3 aromatic rings. The number of benzene rings is 2. The first-order chi connectivity index (χ1) is 15.1. The second kappa shape index (κ2) is 9.37. The van der Waals surface area contributed by atoms with Crippen LogP contribution in [-0.2, 0) is 26.2 Å². The minimum atomic E-state index is -3.74. The van der Waals surface area contributed by atoms with E-state index in [1.54, 1.807) is 12.1 Å². The molecule has 0 unspecified atom stereocenters. The summed E-state index contributed by atoms with van der Waals surface area (Å²) in [5.41, 5.74) is 2.90. The monoisotopic (exact) mass is 457 g/mol. The van der Waals surface area contributed by atoms with Gasteiger partial charge < -0.3 is 13.9 Å². The van der Waals surface area contributed by atoms with Crippen molar-refractivity contribution in [3.8, 4) is 5.75 Å². The highest BCUT2D eigenvalue weighted by Crippen LogP contribution is 2.25. The summed E-state index contributed by atoms with van der Waals surface area (Å²) in [6.07, 6.45) is 2.61. The Bertz CT molecular complexity index is 1370. The van der Waals surface area contributed by atoms with E-state index < -0.39 is 21.6 Å². The molecule has 32 heavy (non-hydrogen) atoms. The number of esters is 1. The number of sulfonamides is 1. The molecule has 168 valence electrons. The third-order valence-corrected chi connectivity index (χ3v) is 6.41. The third-order valence-electron chi connectivity index (χ3n) is 4.97. The van der Waals surface area contributed by atoms with Crippen molar-refractivity contribution in [1.82, 2.24) is 4.72 Å². The van der Waals surface area contributed by atoms with Crippen molar-refractivity contribution in [3.63, 3.8) is 0 Å². The molecule has 1 heterocycles. The number of fused-ring (bicyclic) bond motifs is 1. The molecule has 3 rings (SSSR count). The molecule has 0 bridgehead atoms. The van der Waals surface area contributed by atoms with E-state index in [1.165, 1.54) is 44.5 Å². The maximum Gasteiger partial charge on any atom is 0.336 e. The normalized spacial score (nSPS) is 11.8. The molecule has 0 aliphatic heterocycles. The Balaban J connectivity index is 1.79. The topological polar surface area (TPSA) is 112 Å². The van der Waals surface area contributed by atoms with Gasteiger partial charge in [0.1, 0.15) is 22.8 Å². The molecule has 0 saturated heterocycles. The summed E-state index contributed by atoms with van der Waals surface area (Å²) in [5, 5.41) is 0.696. The summed E-state index contributed by atoms with van der Waals surface area (Å²) < 4.78 is 42.2. The van der Waals surface area contributed by atoms with Gasteiger partial charge in [0.2, 0.25) is 10.0 Å². The zero-order chi connectivity index (χ0) is 23.5. The number of rotatable bonds is 7. The number of hydrogen-bond acceptors (Lipinski definition) is 7. The van der Waals surface area contributed by atoms with Crippen LogP contribution >= 0.6 is 0 Å². The Morgan fingerprint density at radius 2 is 1.84 bits per heavy atom. The van der Waals surface area contributed by atoms with E-state index in [4.69, 9.17) is 13.9 Å². The summed E-state index contributed by atoms with van der Waals surface area (Å²) in [6, 6.07) is 9.45. The summed E-state index contributed by atoms with van der Waals surface area (Å²) in [7, 11) is -1.08. The lowest BCUT2D eigenvalue weighted by Gasteiger charge is -2.09. The average Bonchev–Trinajstić information content (AvgIpc) is 2.77. The molecular formula is C23H23NO7S. The molecule has 1 N–H and O–H groups in total. The first-order valence-corrected chi connectivity index (χ1v) is 11.1. The van der Waals surface area contributed by atoms with Gasteiger partial charge in [-0.1, -0.05) is 6.07 Å². The van der Waals surface area contributed by atoms with Gasteiger partial charge in [0.25, 0.3) is 0 Å². The number of aryl methyl sites for hydroxylation is 2. The van der Waals surface area contributed by atoms with Crippen molar-refractivity contribution in [2.75, 3.05) is 14.2 Å². The zero-order valence-corrected chi connectivity index (χ0v) is 18.9. The first kappa shape index (κ1) is 23.2. The van der Waals surface area contributed by atoms with Gasteiger partial charge in [0, 0.05) is 23.1 Å². The highest BCUT2D eigenvalue weighted by Gasteiger charge is 2.17. The first-order valence-electron chi connectivity index (χ1n) is 9.65. The fourth-order valence-electron chi connectivity index (χ4n) is 3.08. The molecule has 0 spiro atoms. The van der Waals surface area contributed by atoms with Crippen LogP contribution < -0.4 is 15.1 Å². The highest BCUT2D eigenvalue weighted by molar-refractivity contribution is 7.89. The maximum absolute atomic E-state index is 12.2. The lowest BCUT2D eigenvalue weighted by molar-refractivity contribution is -0.138. The Hall–Kier alpha value is -3.43. The Morgan fingerprint density at radius 3 is 2.53 bits per heavy atom. The van der Waals surface area contributed by atoms with E-state index in [2.05, 4.69) is 4.72 Å². The van der Waals surface area contributed by atoms with Crippen molar-refractivity contribution in [3.05, 3.63) is 75.1 Å². The van der Waals surface area contributed by atoms with Gasteiger partial charge in [0.15, 0.2) is 0 Å². The van der Waals surface area contributed by atoms with Crippen LogP contribution in [0.25, 0.3) is 17.0 Å². The third kappa shape index (κ3) is 5.06. The lowest BCUT2D eigenvalue weighted by atomic mass is 10.0. The van der Waals surface area contributed by atoms with Crippen molar-refractivity contribution >= 4 is 33.0 Å². The van der Waals surface area contributed by atoms with Gasteiger partial charge in [0.05, 0.1) is 7.11 Å². The van der Waals surface area contributed by atoms with Gasteiger partial charge in [-0.25, -0.2) is 22.7 Å². The van der Waals surface area contributed by atoms with Gasteiger partial charge in [-0.15, -0.1) is 0 Å². The van der Waals surface area contributed by atoms with Crippen molar-refractivity contribution in [2.24, 2.45) is 0 Å². The van der Waals surface area contributed by atoms with Crippen LogP contribution in [0.3, 0.4) is 0 Å². The van der Waals surface area contributed by atoms with Crippen molar-refractivity contribution in [2.45, 2.75) is 25.3 Å². The molecule has 0 amide bonds. The zero-order valence-electron chi connectivity index (χ0n) is 18.1. The summed E-state index contributed by atoms with van der Waals surface area (Å²) >= 11 is 0. The van der Waals surface area contributed by atoms with E-state index in [-0.39, 0.29) is 17.3 Å². The SMILES string of the molecule is CNS(=O)(=O)c1cc(/C=C/C(=O)OCc2cc(=O)oc3cc(C)c(C)cc23)ccc1OC. The predicted octanol–water partition coefficient (Wildman–Crippen LogP) is 3.08. The number of ether oxygens (including phenoxy) is 2. The van der Waals surface area contributed by atoms with Crippen LogP contribution in [0.4, 0.5) is 0 Å². The fourth-order valence-corrected chi connectivity index (χ4v) is 4.01. The van der Waals surface area contributed by atoms with Crippen molar-refractivity contribution in [1.29, 1.82) is 0 Å². The minimum absolute atomic E-state index is 0.0499. The van der Waals surface area contributed by atoms with Crippen molar-refractivity contribution < 1.29 is 27.1 Å². The summed E-state index contributed by atoms with van der Waals surface area (Å²) in [4.78, 5) is 24.0. The van der Waals surface area contributed by atoms with E-state index in [9.17, 15) is 18.0 Å². The molecule has 0 radical (unpaired) electrons. The van der Waals surface area contributed by atoms with Gasteiger partial charge in [-0.3, -0.25) is 0 Å². The van der Waals surface area contributed by atoms with E-state index in [0.717, 1.165) is 11.1 Å². The summed E-state index contributed by atoms with van der Waals surface area (Å²) in [6.45, 7) is 3.74. The Kier molecular flexibility index (Phi) is 6.81. The smallest absolute Gasteiger partial charge is 0.336 e. The van der Waals surface area contributed by atoms with Crippen LogP contribution in [-0.4, -0.2) is 28.5 Å². The second-order valence-corrected chi connectivity index (χ2v) is 8.94. The molecule has 0 aliphatic rings. The number of methoxy groups -OCH3 is 1. The Morgan fingerprint density at radius 1 is 1.12 bits per heavy atom. The minimum Gasteiger partial charge on any atom is -0.495 e. The molecule has 0 atom stereocenters. The number of hydrogen-bond donors (Lipinski definition) is 1. The molecule has 1 aromatic heterocycles. The van der Waals surface area contributed by atoms with Crippen LogP contribution in [0.15, 0.2) is 56.6 Å². The van der Waals surface area contributed by atoms with Gasteiger partial charge in [-0.2, -0.15) is 0 Å². The van der Waals surface area contributed by atoms with E-state index in [1.807, 2.05) is 19.9 Å². The van der Waals surface area contributed by atoms with Crippen LogP contribution in [0.1, 0.15) is 22.3 Å². The molecule has 2 aromatic carbocycles. The average molecular weight is 458 g/mol. The van der Waals surface area contributed by atoms with E-state index in [0.29, 0.717) is 22.1 Å². The number of carbonyl (C=O) groups is 1. The highest BCUT2D eigenvalue weighted by atomic mass is 32.2. The Labute approximate surface area is 185 Å². The van der Waals surface area contributed by atoms with Gasteiger partial charge >= 0.3 is 11.6 Å². The maximum atomic E-state index is 12.2. The molecule has 0 fully saturated rings. The molecular weight excluding hydrogens is 434 g/mol. The predicted molar refractivity (Wildman–Crippen MR) is 120 cm³/mol. The molecule has 9 heteroatoms. The number of nitrogens with one attached hydrogen (secondary N) is 1. The van der Waals surface area contributed by atoms with Crippen LogP contribution in [0.5, 0.6) is 5.75 Å².